The predicted octanol–water partition coefficient (Wildman–Crippen LogP) is 4.14. The second kappa shape index (κ2) is 7.54. The highest BCUT2D eigenvalue weighted by molar-refractivity contribution is 5.31. The Labute approximate surface area is 118 Å². The van der Waals surface area contributed by atoms with Crippen molar-refractivity contribution in [1.82, 2.24) is 5.32 Å². The average molecular weight is 263 g/mol. The molecule has 1 aromatic rings. The van der Waals surface area contributed by atoms with Crippen molar-refractivity contribution in [3.8, 4) is 5.75 Å². The third kappa shape index (κ3) is 5.65. The first-order valence-electron chi connectivity index (χ1n) is 7.38. The van der Waals surface area contributed by atoms with Gasteiger partial charge in [-0.1, -0.05) is 39.8 Å². The molecule has 0 aliphatic rings. The Hall–Kier alpha value is -1.02. The summed E-state index contributed by atoms with van der Waals surface area (Å²) in [5, 5.41) is 3.32. The first-order valence-corrected chi connectivity index (χ1v) is 7.38. The smallest absolute Gasteiger partial charge is 0.119 e. The van der Waals surface area contributed by atoms with Crippen molar-refractivity contribution in [3.05, 3.63) is 29.8 Å². The Bertz CT molecular complexity index is 347. The van der Waals surface area contributed by atoms with Crippen molar-refractivity contribution in [1.29, 1.82) is 0 Å². The lowest BCUT2D eigenvalue weighted by Crippen LogP contribution is -2.24. The Morgan fingerprint density at radius 2 is 1.79 bits per heavy atom. The molecule has 0 amide bonds. The molecule has 0 saturated heterocycles. The van der Waals surface area contributed by atoms with E-state index in [1.165, 1.54) is 18.4 Å². The van der Waals surface area contributed by atoms with Crippen molar-refractivity contribution >= 4 is 0 Å². The molecule has 0 saturated carbocycles. The third-order valence-electron chi connectivity index (χ3n) is 3.59. The van der Waals surface area contributed by atoms with E-state index in [2.05, 4.69) is 57.3 Å². The summed E-state index contributed by atoms with van der Waals surface area (Å²) < 4.78 is 5.79. The number of hydrogen-bond donors (Lipinski definition) is 1. The van der Waals surface area contributed by atoms with E-state index in [1.54, 1.807) is 0 Å². The Kier molecular flexibility index (Phi) is 6.36. The van der Waals surface area contributed by atoms with Gasteiger partial charge in [0.1, 0.15) is 5.75 Å². The fraction of sp³-hybridized carbons (Fsp3) is 0.647. The Morgan fingerprint density at radius 1 is 1.16 bits per heavy atom. The number of hydrogen-bond acceptors (Lipinski definition) is 2. The molecule has 2 heteroatoms. The van der Waals surface area contributed by atoms with Crippen molar-refractivity contribution in [2.24, 2.45) is 0 Å². The van der Waals surface area contributed by atoms with Crippen molar-refractivity contribution in [2.75, 3.05) is 13.7 Å². The zero-order chi connectivity index (χ0) is 14.3. The highest BCUT2D eigenvalue weighted by atomic mass is 16.5. The summed E-state index contributed by atoms with van der Waals surface area (Å²) in [6.45, 7) is 9.70. The van der Waals surface area contributed by atoms with Crippen LogP contribution in [0.4, 0.5) is 0 Å². The van der Waals surface area contributed by atoms with Crippen LogP contribution in [0.5, 0.6) is 5.75 Å². The quantitative estimate of drug-likeness (QED) is 0.746. The predicted molar refractivity (Wildman–Crippen MR) is 83.0 cm³/mol. The van der Waals surface area contributed by atoms with E-state index in [0.29, 0.717) is 6.04 Å². The third-order valence-corrected chi connectivity index (χ3v) is 3.59. The maximum atomic E-state index is 5.79. The Balaban J connectivity index is 2.34. The maximum Gasteiger partial charge on any atom is 0.119 e. The van der Waals surface area contributed by atoms with Crippen LogP contribution in [-0.4, -0.2) is 19.7 Å². The molecule has 0 aliphatic heterocycles. The minimum absolute atomic E-state index is 0.208. The molecule has 0 aliphatic carbocycles. The maximum absolute atomic E-state index is 5.79. The zero-order valence-corrected chi connectivity index (χ0v) is 13.1. The average Bonchev–Trinajstić information content (AvgIpc) is 2.38. The monoisotopic (exact) mass is 263 g/mol. The van der Waals surface area contributed by atoms with Crippen LogP contribution in [0.2, 0.25) is 0 Å². The van der Waals surface area contributed by atoms with Crippen LogP contribution in [0.25, 0.3) is 0 Å². The molecule has 0 radical (unpaired) electrons. The van der Waals surface area contributed by atoms with Crippen LogP contribution in [-0.2, 0) is 5.41 Å². The van der Waals surface area contributed by atoms with Crippen LogP contribution < -0.4 is 10.1 Å². The molecule has 0 aromatic heterocycles. The molecule has 0 bridgehead atoms. The first-order chi connectivity index (χ1) is 8.97. The standard InChI is InChI=1S/C17H29NO/c1-6-15(18-5)8-7-13-19-16-11-9-14(10-12-16)17(2,3)4/h9-12,15,18H,6-8,13H2,1-5H3. The van der Waals surface area contributed by atoms with Gasteiger partial charge in [0.25, 0.3) is 0 Å². The van der Waals surface area contributed by atoms with Crippen molar-refractivity contribution < 1.29 is 4.74 Å². The number of ether oxygens (including phenoxy) is 1. The van der Waals surface area contributed by atoms with Gasteiger partial charge in [-0.3, -0.25) is 0 Å². The van der Waals surface area contributed by atoms with E-state index in [0.717, 1.165) is 18.8 Å². The van der Waals surface area contributed by atoms with Crippen LogP contribution in [0.1, 0.15) is 52.5 Å². The van der Waals surface area contributed by atoms with E-state index in [1.807, 2.05) is 7.05 Å². The van der Waals surface area contributed by atoms with E-state index >= 15 is 0 Å². The first kappa shape index (κ1) is 16.0. The highest BCUT2D eigenvalue weighted by Gasteiger charge is 2.12. The lowest BCUT2D eigenvalue weighted by molar-refractivity contribution is 0.296. The van der Waals surface area contributed by atoms with Gasteiger partial charge in [-0.2, -0.15) is 0 Å². The molecule has 19 heavy (non-hydrogen) atoms. The van der Waals surface area contributed by atoms with E-state index < -0.39 is 0 Å². The highest BCUT2D eigenvalue weighted by Crippen LogP contribution is 2.24. The molecule has 1 aromatic carbocycles. The molecule has 0 fully saturated rings. The van der Waals surface area contributed by atoms with Gasteiger partial charge < -0.3 is 10.1 Å². The van der Waals surface area contributed by atoms with E-state index in [9.17, 15) is 0 Å². The normalized spacial score (nSPS) is 13.3. The van der Waals surface area contributed by atoms with E-state index in [4.69, 9.17) is 4.74 Å². The summed E-state index contributed by atoms with van der Waals surface area (Å²) in [5.41, 5.74) is 1.56. The minimum atomic E-state index is 0.208. The molecule has 2 nitrogen and oxygen atoms in total. The second-order valence-electron chi connectivity index (χ2n) is 6.16. The fourth-order valence-electron chi connectivity index (χ4n) is 2.12. The molecule has 1 atom stereocenters. The lowest BCUT2D eigenvalue weighted by Gasteiger charge is -2.19. The molecular weight excluding hydrogens is 234 g/mol. The van der Waals surface area contributed by atoms with Gasteiger partial charge in [0.05, 0.1) is 6.61 Å². The zero-order valence-electron chi connectivity index (χ0n) is 13.1. The van der Waals surface area contributed by atoms with Gasteiger partial charge in [-0.05, 0) is 49.4 Å². The van der Waals surface area contributed by atoms with Gasteiger partial charge >= 0.3 is 0 Å². The van der Waals surface area contributed by atoms with Crippen LogP contribution in [0.15, 0.2) is 24.3 Å². The lowest BCUT2D eigenvalue weighted by atomic mass is 9.87. The molecule has 0 heterocycles. The molecule has 1 N–H and O–H groups in total. The minimum Gasteiger partial charge on any atom is -0.494 e. The van der Waals surface area contributed by atoms with Crippen LogP contribution in [0.3, 0.4) is 0 Å². The molecule has 1 rings (SSSR count). The summed E-state index contributed by atoms with van der Waals surface area (Å²) in [6, 6.07) is 9.11. The summed E-state index contributed by atoms with van der Waals surface area (Å²) in [7, 11) is 2.03. The van der Waals surface area contributed by atoms with Gasteiger partial charge in [-0.25, -0.2) is 0 Å². The second-order valence-corrected chi connectivity index (χ2v) is 6.16. The SMILES string of the molecule is CCC(CCCOc1ccc(C(C)(C)C)cc1)NC. The van der Waals surface area contributed by atoms with E-state index in [-0.39, 0.29) is 5.41 Å². The van der Waals surface area contributed by atoms with Gasteiger partial charge in [0, 0.05) is 6.04 Å². The fourth-order valence-corrected chi connectivity index (χ4v) is 2.12. The summed E-state index contributed by atoms with van der Waals surface area (Å²) >= 11 is 0. The summed E-state index contributed by atoms with van der Waals surface area (Å²) in [6.07, 6.45) is 3.45. The molecular formula is C17H29NO. The van der Waals surface area contributed by atoms with Crippen molar-refractivity contribution in [2.45, 2.75) is 58.4 Å². The number of nitrogens with one attached hydrogen (secondary N) is 1. The number of benzene rings is 1. The van der Waals surface area contributed by atoms with Gasteiger partial charge in [-0.15, -0.1) is 0 Å². The van der Waals surface area contributed by atoms with Crippen LogP contribution >= 0.6 is 0 Å². The Morgan fingerprint density at radius 3 is 2.26 bits per heavy atom. The van der Waals surface area contributed by atoms with Gasteiger partial charge in [0.15, 0.2) is 0 Å². The number of rotatable bonds is 7. The largest absolute Gasteiger partial charge is 0.494 e. The summed E-state index contributed by atoms with van der Waals surface area (Å²) in [5.74, 6) is 0.977. The molecule has 0 spiro atoms. The topological polar surface area (TPSA) is 21.3 Å². The van der Waals surface area contributed by atoms with Crippen LogP contribution in [0, 0.1) is 0 Å². The molecule has 1 unspecified atom stereocenters. The summed E-state index contributed by atoms with van der Waals surface area (Å²) in [4.78, 5) is 0. The van der Waals surface area contributed by atoms with Gasteiger partial charge in [0.2, 0.25) is 0 Å². The molecule has 108 valence electrons. The van der Waals surface area contributed by atoms with Crippen molar-refractivity contribution in [3.63, 3.8) is 0 Å².